The monoisotopic (exact) mass is 508 g/mol. The molecule has 0 aliphatic heterocycles. The van der Waals surface area contributed by atoms with E-state index in [0.29, 0.717) is 6.26 Å². The first-order chi connectivity index (χ1) is 14.1. The summed E-state index contributed by atoms with van der Waals surface area (Å²) < 4.78 is 91.9. The smallest absolute Gasteiger partial charge is 0.345 e. The highest BCUT2D eigenvalue weighted by Crippen LogP contribution is 2.36. The van der Waals surface area contributed by atoms with Crippen molar-refractivity contribution in [2.45, 2.75) is 28.0 Å². The molecule has 2 aromatic carbocycles. The van der Waals surface area contributed by atoms with Crippen LogP contribution in [0.15, 0.2) is 51.1 Å². The van der Waals surface area contributed by atoms with Crippen LogP contribution in [0.2, 0.25) is 0 Å². The molecule has 0 aliphatic carbocycles. The normalized spacial score (nSPS) is 13.5. The molecule has 31 heavy (non-hydrogen) atoms. The van der Waals surface area contributed by atoms with E-state index in [0.717, 1.165) is 18.6 Å². The zero-order valence-electron chi connectivity index (χ0n) is 17.1. The van der Waals surface area contributed by atoms with E-state index in [2.05, 4.69) is 0 Å². The number of benzene rings is 2. The molecule has 1 atom stereocenters. The summed E-state index contributed by atoms with van der Waals surface area (Å²) in [7, 11) is -15.9. The zero-order valence-corrected chi connectivity index (χ0v) is 20.5. The second-order valence-electron chi connectivity index (χ2n) is 6.77. The highest BCUT2D eigenvalue weighted by atomic mass is 32.2. The lowest BCUT2D eigenvalue weighted by molar-refractivity contribution is 0.0743. The van der Waals surface area contributed by atoms with Crippen LogP contribution in [0.1, 0.15) is 22.8 Å². The van der Waals surface area contributed by atoms with Crippen molar-refractivity contribution in [2.24, 2.45) is 0 Å². The minimum Gasteiger partial charge on any atom is -0.407 e. The Labute approximate surface area is 182 Å². The predicted molar refractivity (Wildman–Crippen MR) is 116 cm³/mol. The fourth-order valence-corrected chi connectivity index (χ4v) is 7.22. The van der Waals surface area contributed by atoms with Crippen molar-refractivity contribution in [2.75, 3.05) is 18.8 Å². The first-order valence-corrected chi connectivity index (χ1v) is 15.7. The van der Waals surface area contributed by atoms with Crippen LogP contribution in [0.3, 0.4) is 0 Å². The Morgan fingerprint density at radius 2 is 1.39 bits per heavy atom. The number of sulfone groups is 3. The molecule has 2 aromatic rings. The molecule has 0 saturated heterocycles. The lowest BCUT2D eigenvalue weighted by atomic mass is 10.1. The topological polar surface area (TPSA) is 146 Å². The van der Waals surface area contributed by atoms with Crippen molar-refractivity contribution in [3.63, 3.8) is 0 Å². The molecule has 170 valence electrons. The SMILES string of the molecule is CCc1c(S(C)(=O)=O)cc(S(C)(=O)=O)c(C(=O)O[PH](=O)c2ccccc2)c1S(C)(=O)=O. The molecule has 0 aliphatic rings. The summed E-state index contributed by atoms with van der Waals surface area (Å²) >= 11 is 0. The van der Waals surface area contributed by atoms with Gasteiger partial charge in [0.1, 0.15) is 0 Å². The number of hydrogen-bond acceptors (Lipinski definition) is 9. The second kappa shape index (κ2) is 8.85. The summed E-state index contributed by atoms with van der Waals surface area (Å²) in [5, 5.41) is 0.158. The maximum atomic E-state index is 12.9. The highest BCUT2D eigenvalue weighted by molar-refractivity contribution is 7.92. The molecular weight excluding hydrogens is 487 g/mol. The molecule has 0 amide bonds. The number of hydrogen-bond donors (Lipinski definition) is 0. The molecule has 0 radical (unpaired) electrons. The predicted octanol–water partition coefficient (Wildman–Crippen LogP) is 1.42. The van der Waals surface area contributed by atoms with Gasteiger partial charge in [-0.15, -0.1) is 0 Å². The summed E-state index contributed by atoms with van der Waals surface area (Å²) in [4.78, 5) is 10.8. The Bertz CT molecular complexity index is 1380. The molecular formula is C18H21O9PS3. The molecule has 9 nitrogen and oxygen atoms in total. The van der Waals surface area contributed by atoms with Crippen LogP contribution < -0.4 is 5.30 Å². The van der Waals surface area contributed by atoms with E-state index >= 15 is 0 Å². The maximum Gasteiger partial charge on any atom is 0.345 e. The summed E-state index contributed by atoms with van der Waals surface area (Å²) in [5.74, 6) is -1.44. The van der Waals surface area contributed by atoms with Crippen molar-refractivity contribution in [3.05, 3.63) is 47.5 Å². The van der Waals surface area contributed by atoms with E-state index in [4.69, 9.17) is 4.52 Å². The molecule has 0 spiro atoms. The lowest BCUT2D eigenvalue weighted by Crippen LogP contribution is -2.20. The van der Waals surface area contributed by atoms with Crippen molar-refractivity contribution < 1.29 is 39.1 Å². The van der Waals surface area contributed by atoms with Gasteiger partial charge in [-0.3, -0.25) is 4.57 Å². The first kappa shape index (κ1) is 25.3. The van der Waals surface area contributed by atoms with Gasteiger partial charge in [-0.25, -0.2) is 30.0 Å². The van der Waals surface area contributed by atoms with Crippen LogP contribution in [0.25, 0.3) is 0 Å². The number of carbonyl (C=O) groups excluding carboxylic acids is 1. The van der Waals surface area contributed by atoms with Crippen LogP contribution in [0.4, 0.5) is 0 Å². The minimum absolute atomic E-state index is 0.136. The molecule has 0 fully saturated rings. The summed E-state index contributed by atoms with van der Waals surface area (Å²) in [6.45, 7) is 1.46. The Kier molecular flexibility index (Phi) is 7.21. The Hall–Kier alpha value is -2.01. The fourth-order valence-electron chi connectivity index (χ4n) is 2.98. The van der Waals surface area contributed by atoms with Crippen molar-refractivity contribution >= 4 is 48.8 Å². The van der Waals surface area contributed by atoms with Gasteiger partial charge >= 0.3 is 5.97 Å². The Balaban J connectivity index is 2.93. The van der Waals surface area contributed by atoms with Gasteiger partial charge in [0.2, 0.25) is 0 Å². The Morgan fingerprint density at radius 1 is 0.871 bits per heavy atom. The molecule has 0 bridgehead atoms. The summed E-state index contributed by atoms with van der Waals surface area (Å²) in [5.41, 5.74) is -1.10. The maximum absolute atomic E-state index is 12.9. The van der Waals surface area contributed by atoms with Gasteiger partial charge < -0.3 is 4.52 Å². The van der Waals surface area contributed by atoms with E-state index in [9.17, 15) is 34.6 Å². The molecule has 0 N–H and O–H groups in total. The standard InChI is InChI=1S/C18H21O9PS3/c1-5-13-14(29(2,21)22)11-15(30(3,23)24)16(17(13)31(4,25)26)18(19)27-28(20)12-9-7-6-8-10-12/h6-11,28H,5H2,1-4H3. The zero-order chi connectivity index (χ0) is 23.8. The molecule has 13 heteroatoms. The third-order valence-corrected chi connectivity index (χ3v) is 8.88. The number of rotatable bonds is 7. The quantitative estimate of drug-likeness (QED) is 0.507. The highest BCUT2D eigenvalue weighted by Gasteiger charge is 2.35. The van der Waals surface area contributed by atoms with Crippen LogP contribution in [-0.2, 0) is 45.0 Å². The fraction of sp³-hybridized carbons (Fsp3) is 0.278. The molecule has 1 unspecified atom stereocenters. The van der Waals surface area contributed by atoms with Crippen molar-refractivity contribution in [1.82, 2.24) is 0 Å². The van der Waals surface area contributed by atoms with Gasteiger partial charge in [-0.1, -0.05) is 25.1 Å². The molecule has 0 saturated carbocycles. The van der Waals surface area contributed by atoms with Gasteiger partial charge in [-0.05, 0) is 30.2 Å². The van der Waals surface area contributed by atoms with Crippen molar-refractivity contribution in [3.8, 4) is 0 Å². The van der Waals surface area contributed by atoms with Crippen LogP contribution in [0.5, 0.6) is 0 Å². The van der Waals surface area contributed by atoms with E-state index in [1.54, 1.807) is 18.2 Å². The third-order valence-electron chi connectivity index (χ3n) is 4.23. The molecule has 0 aromatic heterocycles. The van der Waals surface area contributed by atoms with E-state index in [-0.39, 0.29) is 17.3 Å². The molecule has 2 rings (SSSR count). The lowest BCUT2D eigenvalue weighted by Gasteiger charge is -2.18. The average molecular weight is 509 g/mol. The third kappa shape index (κ3) is 5.62. The van der Waals surface area contributed by atoms with Crippen LogP contribution in [0, 0.1) is 0 Å². The van der Waals surface area contributed by atoms with Gasteiger partial charge in [0.15, 0.2) is 29.5 Å². The largest absolute Gasteiger partial charge is 0.407 e. The summed E-state index contributed by atoms with van der Waals surface area (Å²) in [6, 6.07) is 8.33. The molecule has 0 heterocycles. The average Bonchev–Trinajstić information content (AvgIpc) is 2.64. The van der Waals surface area contributed by atoms with Gasteiger partial charge in [0, 0.05) is 24.1 Å². The van der Waals surface area contributed by atoms with Gasteiger partial charge in [0.05, 0.1) is 20.2 Å². The summed E-state index contributed by atoms with van der Waals surface area (Å²) in [6.07, 6.45) is 2.08. The van der Waals surface area contributed by atoms with Crippen molar-refractivity contribution in [1.29, 1.82) is 0 Å². The van der Waals surface area contributed by atoms with Crippen LogP contribution in [-0.4, -0.2) is 50.0 Å². The van der Waals surface area contributed by atoms with E-state index in [1.807, 2.05) is 0 Å². The van der Waals surface area contributed by atoms with Gasteiger partial charge in [-0.2, -0.15) is 0 Å². The van der Waals surface area contributed by atoms with E-state index < -0.39 is 63.8 Å². The van der Waals surface area contributed by atoms with E-state index in [1.165, 1.54) is 19.1 Å². The minimum atomic E-state index is -4.31. The van der Waals surface area contributed by atoms with Gasteiger partial charge in [0.25, 0.3) is 8.03 Å². The van der Waals surface area contributed by atoms with Crippen LogP contribution >= 0.6 is 8.03 Å². The Morgan fingerprint density at radius 3 is 1.81 bits per heavy atom. The second-order valence-corrected chi connectivity index (χ2v) is 14.0. The number of carbonyl (C=O) groups is 1. The first-order valence-electron chi connectivity index (χ1n) is 8.70.